The van der Waals surface area contributed by atoms with Crippen molar-refractivity contribution in [2.45, 2.75) is 6.61 Å². The van der Waals surface area contributed by atoms with Gasteiger partial charge in [-0.2, -0.15) is 0 Å². The molecule has 0 saturated heterocycles. The van der Waals surface area contributed by atoms with Crippen molar-refractivity contribution in [1.82, 2.24) is 0 Å². The van der Waals surface area contributed by atoms with Crippen LogP contribution >= 0.6 is 11.6 Å². The van der Waals surface area contributed by atoms with E-state index in [-0.39, 0.29) is 0 Å². The molecule has 0 aliphatic carbocycles. The maximum atomic E-state index is 5.76. The Kier molecular flexibility index (Phi) is 3.66. The van der Waals surface area contributed by atoms with E-state index in [1.165, 1.54) is 0 Å². The standard InChI is InChI=1S/C10H9ClO/c1-2-6-12-8-9-4-3-5-10(11)7-9/h1,3-5,7H,6,8H2. The van der Waals surface area contributed by atoms with Crippen molar-refractivity contribution in [3.05, 3.63) is 34.9 Å². The Hall–Kier alpha value is -0.970. The van der Waals surface area contributed by atoms with Crippen LogP contribution in [-0.2, 0) is 11.3 Å². The summed E-state index contributed by atoms with van der Waals surface area (Å²) in [6.45, 7) is 0.858. The zero-order valence-electron chi connectivity index (χ0n) is 6.59. The van der Waals surface area contributed by atoms with Crippen LogP contribution in [0.3, 0.4) is 0 Å². The molecule has 1 aromatic carbocycles. The minimum atomic E-state index is 0.340. The molecule has 0 N–H and O–H groups in total. The molecule has 0 heterocycles. The zero-order chi connectivity index (χ0) is 8.81. The normalized spacial score (nSPS) is 9.33. The summed E-state index contributed by atoms with van der Waals surface area (Å²) >= 11 is 5.76. The van der Waals surface area contributed by atoms with Gasteiger partial charge in [0.25, 0.3) is 0 Å². The van der Waals surface area contributed by atoms with Crippen LogP contribution in [0.15, 0.2) is 24.3 Å². The van der Waals surface area contributed by atoms with Gasteiger partial charge in [0.15, 0.2) is 0 Å². The zero-order valence-corrected chi connectivity index (χ0v) is 7.34. The summed E-state index contributed by atoms with van der Waals surface area (Å²) < 4.78 is 5.13. The van der Waals surface area contributed by atoms with Crippen molar-refractivity contribution in [2.24, 2.45) is 0 Å². The van der Waals surface area contributed by atoms with Crippen LogP contribution in [0.5, 0.6) is 0 Å². The highest BCUT2D eigenvalue weighted by molar-refractivity contribution is 6.30. The predicted octanol–water partition coefficient (Wildman–Crippen LogP) is 2.49. The number of hydrogen-bond donors (Lipinski definition) is 0. The first-order chi connectivity index (χ1) is 5.83. The van der Waals surface area contributed by atoms with E-state index in [0.29, 0.717) is 13.2 Å². The predicted molar refractivity (Wildman–Crippen MR) is 49.9 cm³/mol. The summed E-state index contributed by atoms with van der Waals surface area (Å²) in [5.74, 6) is 2.40. The van der Waals surface area contributed by atoms with Crippen molar-refractivity contribution in [3.8, 4) is 12.3 Å². The molecule has 0 aromatic heterocycles. The highest BCUT2D eigenvalue weighted by atomic mass is 35.5. The van der Waals surface area contributed by atoms with E-state index in [4.69, 9.17) is 22.8 Å². The molecule has 1 nitrogen and oxygen atoms in total. The Morgan fingerprint density at radius 1 is 1.50 bits per heavy atom. The summed E-state index contributed by atoms with van der Waals surface area (Å²) in [4.78, 5) is 0. The summed E-state index contributed by atoms with van der Waals surface area (Å²) in [7, 11) is 0. The highest BCUT2D eigenvalue weighted by Crippen LogP contribution is 2.10. The van der Waals surface area contributed by atoms with Crippen LogP contribution < -0.4 is 0 Å². The lowest BCUT2D eigenvalue weighted by Crippen LogP contribution is -1.92. The molecule has 0 aliphatic heterocycles. The number of halogens is 1. The van der Waals surface area contributed by atoms with Crippen LogP contribution in [0, 0.1) is 12.3 Å². The second-order valence-corrected chi connectivity index (χ2v) is 2.76. The average molecular weight is 181 g/mol. The van der Waals surface area contributed by atoms with Crippen LogP contribution in [0.25, 0.3) is 0 Å². The van der Waals surface area contributed by atoms with Gasteiger partial charge in [-0.3, -0.25) is 0 Å². The number of terminal acetylenes is 1. The Balaban J connectivity index is 2.48. The first-order valence-corrected chi connectivity index (χ1v) is 3.96. The molecule has 0 radical (unpaired) electrons. The van der Waals surface area contributed by atoms with Crippen molar-refractivity contribution in [1.29, 1.82) is 0 Å². The van der Waals surface area contributed by atoms with Gasteiger partial charge >= 0.3 is 0 Å². The lowest BCUT2D eigenvalue weighted by molar-refractivity contribution is 0.153. The second kappa shape index (κ2) is 4.82. The van der Waals surface area contributed by atoms with Gasteiger partial charge in [0, 0.05) is 5.02 Å². The molecule has 0 aliphatic rings. The summed E-state index contributed by atoms with van der Waals surface area (Å²) in [6.07, 6.45) is 5.02. The molecule has 0 atom stereocenters. The van der Waals surface area contributed by atoms with E-state index in [1.807, 2.05) is 24.3 Å². The summed E-state index contributed by atoms with van der Waals surface area (Å²) in [5, 5.41) is 0.719. The topological polar surface area (TPSA) is 9.23 Å². The number of ether oxygens (including phenoxy) is 1. The largest absolute Gasteiger partial charge is 0.364 e. The number of benzene rings is 1. The Morgan fingerprint density at radius 2 is 2.33 bits per heavy atom. The highest BCUT2D eigenvalue weighted by Gasteiger charge is 1.92. The molecule has 62 valence electrons. The van der Waals surface area contributed by atoms with Crippen LogP contribution in [0.1, 0.15) is 5.56 Å². The Bertz CT molecular complexity index is 288. The van der Waals surface area contributed by atoms with Gasteiger partial charge in [-0.05, 0) is 17.7 Å². The molecule has 2 heteroatoms. The van der Waals surface area contributed by atoms with Gasteiger partial charge in [0.1, 0.15) is 6.61 Å². The van der Waals surface area contributed by atoms with Gasteiger partial charge in [-0.15, -0.1) is 6.42 Å². The Labute approximate surface area is 77.3 Å². The van der Waals surface area contributed by atoms with E-state index < -0.39 is 0 Å². The Morgan fingerprint density at radius 3 is 3.00 bits per heavy atom. The van der Waals surface area contributed by atoms with Crippen molar-refractivity contribution in [3.63, 3.8) is 0 Å². The molecule has 0 unspecified atom stereocenters. The number of rotatable bonds is 3. The van der Waals surface area contributed by atoms with Crippen molar-refractivity contribution >= 4 is 11.6 Å². The SMILES string of the molecule is C#CCOCc1cccc(Cl)c1. The lowest BCUT2D eigenvalue weighted by Gasteiger charge is -2.00. The third-order valence-corrected chi connectivity index (χ3v) is 1.58. The van der Waals surface area contributed by atoms with Crippen LogP contribution in [0.4, 0.5) is 0 Å². The summed E-state index contributed by atoms with van der Waals surface area (Å²) in [6, 6.07) is 7.52. The van der Waals surface area contributed by atoms with Gasteiger partial charge in [0.2, 0.25) is 0 Å². The maximum absolute atomic E-state index is 5.76. The first kappa shape index (κ1) is 9.12. The van der Waals surface area contributed by atoms with Gasteiger partial charge in [-0.1, -0.05) is 29.7 Å². The van der Waals surface area contributed by atoms with E-state index in [0.717, 1.165) is 10.6 Å². The lowest BCUT2D eigenvalue weighted by atomic mass is 10.2. The third kappa shape index (κ3) is 2.96. The minimum Gasteiger partial charge on any atom is -0.364 e. The van der Waals surface area contributed by atoms with Crippen LogP contribution in [-0.4, -0.2) is 6.61 Å². The first-order valence-electron chi connectivity index (χ1n) is 3.58. The molecule has 1 aromatic rings. The maximum Gasteiger partial charge on any atom is 0.107 e. The average Bonchev–Trinajstić information content (AvgIpc) is 2.05. The van der Waals surface area contributed by atoms with Gasteiger partial charge in [-0.25, -0.2) is 0 Å². The smallest absolute Gasteiger partial charge is 0.107 e. The van der Waals surface area contributed by atoms with E-state index in [2.05, 4.69) is 5.92 Å². The van der Waals surface area contributed by atoms with E-state index >= 15 is 0 Å². The quantitative estimate of drug-likeness (QED) is 0.513. The molecule has 0 bridgehead atoms. The van der Waals surface area contributed by atoms with Gasteiger partial charge < -0.3 is 4.74 Å². The molecule has 0 spiro atoms. The van der Waals surface area contributed by atoms with Crippen molar-refractivity contribution < 1.29 is 4.74 Å². The third-order valence-electron chi connectivity index (χ3n) is 1.34. The van der Waals surface area contributed by atoms with E-state index in [9.17, 15) is 0 Å². The molecule has 0 fully saturated rings. The fourth-order valence-electron chi connectivity index (χ4n) is 0.855. The molecule has 12 heavy (non-hydrogen) atoms. The number of hydrogen-bond acceptors (Lipinski definition) is 1. The molecular formula is C10H9ClO. The molecular weight excluding hydrogens is 172 g/mol. The second-order valence-electron chi connectivity index (χ2n) is 2.33. The summed E-state index contributed by atoms with van der Waals surface area (Å²) in [5.41, 5.74) is 1.04. The van der Waals surface area contributed by atoms with Crippen molar-refractivity contribution in [2.75, 3.05) is 6.61 Å². The molecule has 0 amide bonds. The van der Waals surface area contributed by atoms with Crippen LogP contribution in [0.2, 0.25) is 5.02 Å². The molecule has 1 rings (SSSR count). The van der Waals surface area contributed by atoms with Gasteiger partial charge in [0.05, 0.1) is 6.61 Å². The minimum absolute atomic E-state index is 0.340. The fraction of sp³-hybridized carbons (Fsp3) is 0.200. The molecule has 0 saturated carbocycles. The monoisotopic (exact) mass is 180 g/mol. The fourth-order valence-corrected chi connectivity index (χ4v) is 1.07. The van der Waals surface area contributed by atoms with E-state index in [1.54, 1.807) is 0 Å².